The lowest BCUT2D eigenvalue weighted by atomic mass is 10.2. The Balaban J connectivity index is 1.92. The highest BCUT2D eigenvalue weighted by atomic mass is 35.5. The van der Waals surface area contributed by atoms with Crippen LogP contribution in [0.3, 0.4) is 0 Å². The van der Waals surface area contributed by atoms with E-state index in [1.165, 1.54) is 11.3 Å². The van der Waals surface area contributed by atoms with Crippen LogP contribution in [-0.2, 0) is 11.3 Å². The number of rotatable bonds is 3. The van der Waals surface area contributed by atoms with Crippen LogP contribution in [0.5, 0.6) is 0 Å². The van der Waals surface area contributed by atoms with Crippen LogP contribution in [0, 0.1) is 0 Å². The van der Waals surface area contributed by atoms with Gasteiger partial charge in [-0.1, -0.05) is 11.6 Å². The molecule has 1 atom stereocenters. The van der Waals surface area contributed by atoms with Crippen molar-refractivity contribution >= 4 is 28.9 Å². The van der Waals surface area contributed by atoms with Crippen LogP contribution < -0.4 is 5.32 Å². The number of nitrogens with one attached hydrogen (secondary N) is 1. The topological polar surface area (TPSA) is 65.5 Å². The van der Waals surface area contributed by atoms with E-state index in [0.29, 0.717) is 17.6 Å². The van der Waals surface area contributed by atoms with E-state index in [4.69, 9.17) is 16.7 Å². The molecule has 2 heterocycles. The molecule has 0 aromatic carbocycles. The number of carboxylic acids is 1. The number of halogens is 1. The fraction of sp³-hybridized carbons (Fsp3) is 0.556. The maximum atomic E-state index is 10.8. The maximum Gasteiger partial charge on any atom is 0.322 e. The van der Waals surface area contributed by atoms with Crippen molar-refractivity contribution in [3.8, 4) is 0 Å². The normalized spacial score (nSPS) is 22.2. The minimum atomic E-state index is -0.799. The van der Waals surface area contributed by atoms with Crippen molar-refractivity contribution in [2.75, 3.05) is 19.6 Å². The first-order chi connectivity index (χ1) is 7.65. The van der Waals surface area contributed by atoms with E-state index >= 15 is 0 Å². The van der Waals surface area contributed by atoms with Gasteiger partial charge in [-0.15, -0.1) is 11.3 Å². The molecule has 5 nitrogen and oxygen atoms in total. The maximum absolute atomic E-state index is 10.8. The number of hydrogen-bond acceptors (Lipinski definition) is 5. The number of aromatic nitrogens is 1. The Bertz CT molecular complexity index is 385. The van der Waals surface area contributed by atoms with Crippen LogP contribution >= 0.6 is 22.9 Å². The Hall–Kier alpha value is -0.690. The fourth-order valence-electron chi connectivity index (χ4n) is 1.70. The molecule has 0 saturated carbocycles. The molecule has 1 aliphatic rings. The van der Waals surface area contributed by atoms with E-state index < -0.39 is 12.0 Å². The smallest absolute Gasteiger partial charge is 0.322 e. The molecule has 1 saturated heterocycles. The van der Waals surface area contributed by atoms with E-state index in [2.05, 4.69) is 15.2 Å². The Kier molecular flexibility index (Phi) is 3.75. The van der Waals surface area contributed by atoms with E-state index in [-0.39, 0.29) is 0 Å². The number of carbonyl (C=O) groups is 1. The van der Waals surface area contributed by atoms with Crippen LogP contribution in [0.25, 0.3) is 0 Å². The zero-order valence-electron chi connectivity index (χ0n) is 8.52. The molecule has 0 bridgehead atoms. The van der Waals surface area contributed by atoms with Gasteiger partial charge in [0.05, 0.1) is 0 Å². The highest BCUT2D eigenvalue weighted by molar-refractivity contribution is 7.15. The molecule has 1 aliphatic heterocycles. The molecular weight excluding hydrogens is 250 g/mol. The van der Waals surface area contributed by atoms with Gasteiger partial charge in [-0.25, -0.2) is 4.98 Å². The largest absolute Gasteiger partial charge is 0.480 e. The minimum Gasteiger partial charge on any atom is -0.480 e. The molecule has 16 heavy (non-hydrogen) atoms. The summed E-state index contributed by atoms with van der Waals surface area (Å²) in [5.41, 5.74) is 0. The summed E-state index contributed by atoms with van der Waals surface area (Å²) in [6, 6.07) is -0.475. The summed E-state index contributed by atoms with van der Waals surface area (Å²) >= 11 is 7.18. The molecule has 2 rings (SSSR count). The molecule has 7 heteroatoms. The second kappa shape index (κ2) is 5.09. The number of carboxylic acid groups (broad SMARTS) is 1. The van der Waals surface area contributed by atoms with Gasteiger partial charge in [-0.2, -0.15) is 0 Å². The van der Waals surface area contributed by atoms with Gasteiger partial charge in [0, 0.05) is 37.3 Å². The lowest BCUT2D eigenvalue weighted by Crippen LogP contribution is -2.53. The molecule has 1 aromatic rings. The van der Waals surface area contributed by atoms with Crippen molar-refractivity contribution in [3.63, 3.8) is 0 Å². The van der Waals surface area contributed by atoms with E-state index in [9.17, 15) is 4.79 Å². The third-order valence-electron chi connectivity index (χ3n) is 2.46. The molecule has 2 N–H and O–H groups in total. The number of piperazine rings is 1. The number of thiazole rings is 1. The third kappa shape index (κ3) is 2.91. The quantitative estimate of drug-likeness (QED) is 0.837. The van der Waals surface area contributed by atoms with Gasteiger partial charge in [0.2, 0.25) is 0 Å². The van der Waals surface area contributed by atoms with Crippen molar-refractivity contribution in [1.29, 1.82) is 0 Å². The molecule has 88 valence electrons. The lowest BCUT2D eigenvalue weighted by molar-refractivity contribution is -0.140. The van der Waals surface area contributed by atoms with Crippen molar-refractivity contribution in [3.05, 3.63) is 15.5 Å². The second-order valence-electron chi connectivity index (χ2n) is 3.66. The molecule has 0 amide bonds. The van der Waals surface area contributed by atoms with Crippen molar-refractivity contribution < 1.29 is 9.90 Å². The third-order valence-corrected chi connectivity index (χ3v) is 3.56. The van der Waals surface area contributed by atoms with Crippen LogP contribution in [0.1, 0.15) is 4.88 Å². The Morgan fingerprint density at radius 2 is 2.62 bits per heavy atom. The lowest BCUT2D eigenvalue weighted by Gasteiger charge is -2.30. The Morgan fingerprint density at radius 1 is 1.81 bits per heavy atom. The van der Waals surface area contributed by atoms with Gasteiger partial charge >= 0.3 is 5.97 Å². The summed E-state index contributed by atoms with van der Waals surface area (Å²) in [7, 11) is 0. The SMILES string of the molecule is O=C(O)[C@H]1CN(Cc2cnc(Cl)s2)CCN1. The zero-order valence-corrected chi connectivity index (χ0v) is 10.1. The predicted octanol–water partition coefficient (Wildman–Crippen LogP) is 0.655. The van der Waals surface area contributed by atoms with Crippen LogP contribution in [0.4, 0.5) is 0 Å². The van der Waals surface area contributed by atoms with Gasteiger partial charge in [-0.3, -0.25) is 9.69 Å². The van der Waals surface area contributed by atoms with Gasteiger partial charge in [0.1, 0.15) is 6.04 Å². The summed E-state index contributed by atoms with van der Waals surface area (Å²) in [6.45, 7) is 2.78. The zero-order chi connectivity index (χ0) is 11.5. The number of hydrogen-bond donors (Lipinski definition) is 2. The van der Waals surface area contributed by atoms with Crippen molar-refractivity contribution in [2.24, 2.45) is 0 Å². The summed E-state index contributed by atoms with van der Waals surface area (Å²) in [6.07, 6.45) is 1.74. The Morgan fingerprint density at radius 3 is 3.25 bits per heavy atom. The highest BCUT2D eigenvalue weighted by Crippen LogP contribution is 2.19. The molecular formula is C9H12ClN3O2S. The summed E-state index contributed by atoms with van der Waals surface area (Å²) in [4.78, 5) is 18.0. The minimum absolute atomic E-state index is 0.475. The molecule has 1 fully saturated rings. The average molecular weight is 262 g/mol. The van der Waals surface area contributed by atoms with Crippen LogP contribution in [0.2, 0.25) is 4.47 Å². The van der Waals surface area contributed by atoms with Crippen molar-refractivity contribution in [1.82, 2.24) is 15.2 Å². The van der Waals surface area contributed by atoms with Crippen LogP contribution in [-0.4, -0.2) is 46.6 Å². The summed E-state index contributed by atoms with van der Waals surface area (Å²) in [5.74, 6) is -0.799. The first-order valence-corrected chi connectivity index (χ1v) is 6.13. The molecule has 1 aromatic heterocycles. The first-order valence-electron chi connectivity index (χ1n) is 4.94. The van der Waals surface area contributed by atoms with Gasteiger partial charge < -0.3 is 10.4 Å². The molecule has 0 radical (unpaired) electrons. The van der Waals surface area contributed by atoms with Crippen LogP contribution in [0.15, 0.2) is 6.20 Å². The summed E-state index contributed by atoms with van der Waals surface area (Å²) in [5, 5.41) is 11.9. The molecule has 0 spiro atoms. The van der Waals surface area contributed by atoms with Gasteiger partial charge in [0.15, 0.2) is 4.47 Å². The van der Waals surface area contributed by atoms with Gasteiger partial charge in [-0.05, 0) is 0 Å². The van der Waals surface area contributed by atoms with Gasteiger partial charge in [0.25, 0.3) is 0 Å². The summed E-state index contributed by atoms with van der Waals surface area (Å²) < 4.78 is 0.528. The monoisotopic (exact) mass is 261 g/mol. The fourth-order valence-corrected chi connectivity index (χ4v) is 2.72. The van der Waals surface area contributed by atoms with Crippen molar-refractivity contribution in [2.45, 2.75) is 12.6 Å². The average Bonchev–Trinajstić information content (AvgIpc) is 2.64. The predicted molar refractivity (Wildman–Crippen MR) is 61.8 cm³/mol. The van der Waals surface area contributed by atoms with E-state index in [0.717, 1.165) is 18.0 Å². The molecule has 0 unspecified atom stereocenters. The number of aliphatic carboxylic acids is 1. The molecule has 0 aliphatic carbocycles. The standard InChI is InChI=1S/C9H12ClN3O2S/c10-9-12-3-6(16-9)4-13-2-1-11-7(5-13)8(14)15/h3,7,11H,1-2,4-5H2,(H,14,15)/t7-/m1/s1. The van der Waals surface area contributed by atoms with E-state index in [1.807, 2.05) is 0 Å². The Labute approximate surface area is 102 Å². The second-order valence-corrected chi connectivity index (χ2v) is 5.36. The first kappa shape index (κ1) is 11.8. The number of nitrogens with zero attached hydrogens (tertiary/aromatic N) is 2. The van der Waals surface area contributed by atoms with E-state index in [1.54, 1.807) is 6.20 Å². The highest BCUT2D eigenvalue weighted by Gasteiger charge is 2.24.